The van der Waals surface area contributed by atoms with E-state index in [1.165, 1.54) is 24.4 Å². The first-order valence-corrected chi connectivity index (χ1v) is 11.8. The van der Waals surface area contributed by atoms with Crippen LogP contribution in [0.2, 0.25) is 0 Å². The number of halogens is 5. The zero-order valence-corrected chi connectivity index (χ0v) is 20.4. The van der Waals surface area contributed by atoms with Crippen molar-refractivity contribution in [1.29, 1.82) is 0 Å². The molecule has 200 valence electrons. The number of pyridine rings is 1. The summed E-state index contributed by atoms with van der Waals surface area (Å²) in [5.41, 5.74) is 0.359. The molecule has 3 aromatic carbocycles. The van der Waals surface area contributed by atoms with Crippen LogP contribution in [0.4, 0.5) is 27.6 Å². The molecule has 0 aliphatic heterocycles. The molecule has 0 aliphatic carbocycles. The monoisotopic (exact) mass is 531 g/mol. The highest BCUT2D eigenvalue weighted by atomic mass is 19.4. The van der Waals surface area contributed by atoms with Crippen LogP contribution in [0.5, 0.6) is 5.75 Å². The Morgan fingerprint density at radius 3 is 2.39 bits per heavy atom. The summed E-state index contributed by atoms with van der Waals surface area (Å²) in [5, 5.41) is 17.5. The van der Waals surface area contributed by atoms with E-state index in [4.69, 9.17) is 4.74 Å². The average Bonchev–Trinajstić information content (AvgIpc) is 2.87. The van der Waals surface area contributed by atoms with E-state index < -0.39 is 35.5 Å². The number of alkyl halides is 3. The molecule has 0 amide bonds. The van der Waals surface area contributed by atoms with Gasteiger partial charge in [0, 0.05) is 36.4 Å². The molecule has 0 aliphatic rings. The minimum Gasteiger partial charge on any atom is -0.497 e. The van der Waals surface area contributed by atoms with Gasteiger partial charge in [-0.15, -0.1) is 0 Å². The van der Waals surface area contributed by atoms with E-state index in [2.05, 4.69) is 15.6 Å². The van der Waals surface area contributed by atoms with E-state index in [1.807, 2.05) is 18.2 Å². The Balaban J connectivity index is 1.59. The molecular weight excluding hydrogens is 505 g/mol. The number of rotatable bonds is 10. The number of hydrogen-bond acceptors (Lipinski definition) is 5. The van der Waals surface area contributed by atoms with Crippen LogP contribution >= 0.6 is 0 Å². The Bertz CT molecular complexity index is 1380. The SMILES string of the molecule is COc1cccc(CNC[C@@H](O)[C@H](Cc2cc(F)cc(F)c2)Nc2ccnc3c(C(F)(F)F)cccc23)c1. The van der Waals surface area contributed by atoms with Gasteiger partial charge in [-0.25, -0.2) is 8.78 Å². The number of ether oxygens (including phenoxy) is 1. The van der Waals surface area contributed by atoms with Gasteiger partial charge >= 0.3 is 6.18 Å². The largest absolute Gasteiger partial charge is 0.497 e. The van der Waals surface area contributed by atoms with Crippen molar-refractivity contribution in [3.05, 3.63) is 101 Å². The van der Waals surface area contributed by atoms with E-state index >= 15 is 0 Å². The molecule has 4 rings (SSSR count). The van der Waals surface area contributed by atoms with Gasteiger partial charge in [-0.1, -0.05) is 24.3 Å². The van der Waals surface area contributed by atoms with Crippen molar-refractivity contribution < 1.29 is 31.8 Å². The smallest absolute Gasteiger partial charge is 0.418 e. The summed E-state index contributed by atoms with van der Waals surface area (Å²) in [7, 11) is 1.56. The molecule has 4 aromatic rings. The predicted octanol–water partition coefficient (Wildman–Crippen LogP) is 5.71. The summed E-state index contributed by atoms with van der Waals surface area (Å²) >= 11 is 0. The molecule has 5 nitrogen and oxygen atoms in total. The molecule has 0 unspecified atom stereocenters. The molecule has 0 saturated heterocycles. The number of para-hydroxylation sites is 1. The van der Waals surface area contributed by atoms with Crippen molar-refractivity contribution in [1.82, 2.24) is 10.3 Å². The van der Waals surface area contributed by atoms with Crippen molar-refractivity contribution in [3.63, 3.8) is 0 Å². The lowest BCUT2D eigenvalue weighted by molar-refractivity contribution is -0.136. The van der Waals surface area contributed by atoms with Crippen LogP contribution in [0.1, 0.15) is 16.7 Å². The first-order chi connectivity index (χ1) is 18.1. The van der Waals surface area contributed by atoms with Gasteiger partial charge in [0.2, 0.25) is 0 Å². The van der Waals surface area contributed by atoms with E-state index in [0.29, 0.717) is 18.0 Å². The highest BCUT2D eigenvalue weighted by molar-refractivity contribution is 5.93. The van der Waals surface area contributed by atoms with Crippen LogP contribution in [0.25, 0.3) is 10.9 Å². The number of nitrogens with zero attached hydrogens (tertiary/aromatic N) is 1. The van der Waals surface area contributed by atoms with Crippen molar-refractivity contribution in [2.45, 2.75) is 31.3 Å². The number of aliphatic hydroxyl groups is 1. The Labute approximate surface area is 216 Å². The molecule has 3 N–H and O–H groups in total. The number of methoxy groups -OCH3 is 1. The van der Waals surface area contributed by atoms with Gasteiger partial charge in [0.25, 0.3) is 0 Å². The second-order valence-corrected chi connectivity index (χ2v) is 8.84. The van der Waals surface area contributed by atoms with E-state index in [-0.39, 0.29) is 29.4 Å². The van der Waals surface area contributed by atoms with Crippen LogP contribution in [0.3, 0.4) is 0 Å². The van der Waals surface area contributed by atoms with E-state index in [0.717, 1.165) is 29.8 Å². The summed E-state index contributed by atoms with van der Waals surface area (Å²) in [6.45, 7) is 0.492. The Kier molecular flexibility index (Phi) is 8.43. The molecule has 0 radical (unpaired) electrons. The molecule has 0 fully saturated rings. The van der Waals surface area contributed by atoms with Crippen molar-refractivity contribution in [3.8, 4) is 5.75 Å². The molecule has 10 heteroatoms. The second kappa shape index (κ2) is 11.7. The van der Waals surface area contributed by atoms with Crippen LogP contribution < -0.4 is 15.4 Å². The number of nitrogens with one attached hydrogen (secondary N) is 2. The standard InChI is InChI=1S/C28H26F5N3O2/c1-38-21-5-2-4-17(12-21)15-34-16-26(37)25(13-18-10-19(29)14-20(30)11-18)36-24-8-9-35-27-22(24)6-3-7-23(27)28(31,32)33/h2-12,14,25-26,34,37H,13,15-16H2,1H3,(H,35,36)/t25-,26+/m0/s1. The fourth-order valence-corrected chi connectivity index (χ4v) is 4.29. The van der Waals surface area contributed by atoms with Crippen LogP contribution in [-0.4, -0.2) is 35.9 Å². The molecule has 0 spiro atoms. The third-order valence-corrected chi connectivity index (χ3v) is 6.08. The zero-order valence-electron chi connectivity index (χ0n) is 20.4. The quantitative estimate of drug-likeness (QED) is 0.229. The molecular formula is C28H26F5N3O2. The molecule has 2 atom stereocenters. The van der Waals surface area contributed by atoms with Gasteiger partial charge in [-0.05, 0) is 53.9 Å². The van der Waals surface area contributed by atoms with Crippen LogP contribution in [0, 0.1) is 11.6 Å². The number of benzene rings is 3. The van der Waals surface area contributed by atoms with Crippen LogP contribution in [0.15, 0.2) is 72.9 Å². The lowest BCUT2D eigenvalue weighted by atomic mass is 9.99. The van der Waals surface area contributed by atoms with Gasteiger partial charge in [0.1, 0.15) is 17.4 Å². The number of fused-ring (bicyclic) bond motifs is 1. The number of aromatic nitrogens is 1. The Morgan fingerprint density at radius 1 is 0.947 bits per heavy atom. The first-order valence-electron chi connectivity index (χ1n) is 11.8. The minimum atomic E-state index is -4.60. The molecule has 1 heterocycles. The molecule has 38 heavy (non-hydrogen) atoms. The summed E-state index contributed by atoms with van der Waals surface area (Å²) in [4.78, 5) is 3.92. The van der Waals surface area contributed by atoms with Crippen molar-refractivity contribution in [2.75, 3.05) is 19.0 Å². The number of hydrogen-bond donors (Lipinski definition) is 3. The maximum atomic E-state index is 13.9. The molecule has 0 saturated carbocycles. The van der Waals surface area contributed by atoms with Gasteiger partial charge in [0.15, 0.2) is 0 Å². The first kappa shape index (κ1) is 27.3. The van der Waals surface area contributed by atoms with E-state index in [9.17, 15) is 27.1 Å². The topological polar surface area (TPSA) is 66.4 Å². The maximum Gasteiger partial charge on any atom is 0.418 e. The van der Waals surface area contributed by atoms with Crippen molar-refractivity contribution in [2.24, 2.45) is 0 Å². The summed E-state index contributed by atoms with van der Waals surface area (Å²) in [6, 6.07) is 14.8. The highest BCUT2D eigenvalue weighted by Gasteiger charge is 2.33. The highest BCUT2D eigenvalue weighted by Crippen LogP contribution is 2.36. The van der Waals surface area contributed by atoms with Gasteiger partial charge in [-0.2, -0.15) is 13.2 Å². The second-order valence-electron chi connectivity index (χ2n) is 8.84. The van der Waals surface area contributed by atoms with Gasteiger partial charge < -0.3 is 20.5 Å². The molecule has 0 bridgehead atoms. The number of aliphatic hydroxyl groups excluding tert-OH is 1. The fourth-order valence-electron chi connectivity index (χ4n) is 4.29. The Morgan fingerprint density at radius 2 is 1.68 bits per heavy atom. The normalized spacial score (nSPS) is 13.3. The third-order valence-electron chi connectivity index (χ3n) is 6.08. The average molecular weight is 532 g/mol. The maximum absolute atomic E-state index is 13.9. The molecule has 1 aromatic heterocycles. The van der Waals surface area contributed by atoms with E-state index in [1.54, 1.807) is 13.2 Å². The van der Waals surface area contributed by atoms with Gasteiger partial charge in [0.05, 0.1) is 30.3 Å². The van der Waals surface area contributed by atoms with Crippen LogP contribution in [-0.2, 0) is 19.1 Å². The Hall–Kier alpha value is -3.76. The number of anilines is 1. The predicted molar refractivity (Wildman–Crippen MR) is 135 cm³/mol. The summed E-state index contributed by atoms with van der Waals surface area (Å²) in [5.74, 6) is -0.859. The lowest BCUT2D eigenvalue weighted by Gasteiger charge is -2.27. The third kappa shape index (κ3) is 6.76. The van der Waals surface area contributed by atoms with Gasteiger partial charge in [-0.3, -0.25) is 4.98 Å². The van der Waals surface area contributed by atoms with Crippen molar-refractivity contribution >= 4 is 16.6 Å². The summed E-state index contributed by atoms with van der Waals surface area (Å²) in [6.07, 6.45) is -4.44. The zero-order chi connectivity index (χ0) is 27.3. The lowest BCUT2D eigenvalue weighted by Crippen LogP contribution is -2.42. The minimum absolute atomic E-state index is 0.000532. The summed E-state index contributed by atoms with van der Waals surface area (Å²) < 4.78 is 73.6. The fraction of sp³-hybridized carbons (Fsp3) is 0.250.